The van der Waals surface area contributed by atoms with E-state index in [1.165, 1.54) is 4.31 Å². The molecular formula is C16H20ClN3O4S. The van der Waals surface area contributed by atoms with Crippen molar-refractivity contribution in [2.45, 2.75) is 6.42 Å². The molecule has 1 spiro atoms. The summed E-state index contributed by atoms with van der Waals surface area (Å²) in [4.78, 5) is 26.3. The third-order valence-electron chi connectivity index (χ3n) is 4.68. The summed E-state index contributed by atoms with van der Waals surface area (Å²) in [5, 5.41) is 3.23. The summed E-state index contributed by atoms with van der Waals surface area (Å²) < 4.78 is 25.5. The smallest absolute Gasteiger partial charge is 0.253 e. The molecule has 0 unspecified atom stereocenters. The van der Waals surface area contributed by atoms with Gasteiger partial charge in [0.05, 0.1) is 6.26 Å². The number of nitrogens with zero attached hydrogens (tertiary/aromatic N) is 2. The maximum Gasteiger partial charge on any atom is 0.253 e. The Bertz CT molecular complexity index is 813. The number of nitrogens with one attached hydrogen (secondary N) is 1. The molecule has 136 valence electrons. The fourth-order valence-corrected chi connectivity index (χ4v) is 4.57. The van der Waals surface area contributed by atoms with Crippen LogP contribution in [0.1, 0.15) is 16.8 Å². The number of hydrogen-bond donors (Lipinski definition) is 1. The van der Waals surface area contributed by atoms with Crippen molar-refractivity contribution >= 4 is 33.4 Å². The van der Waals surface area contributed by atoms with E-state index in [1.807, 2.05) is 0 Å². The van der Waals surface area contributed by atoms with Crippen LogP contribution in [0.2, 0.25) is 5.02 Å². The summed E-state index contributed by atoms with van der Waals surface area (Å²) in [5.74, 6) is -0.331. The lowest BCUT2D eigenvalue weighted by Crippen LogP contribution is -2.44. The van der Waals surface area contributed by atoms with Crippen molar-refractivity contribution in [1.82, 2.24) is 14.5 Å². The van der Waals surface area contributed by atoms with E-state index >= 15 is 0 Å². The van der Waals surface area contributed by atoms with Gasteiger partial charge in [0, 0.05) is 55.1 Å². The number of halogens is 1. The average Bonchev–Trinajstić information content (AvgIpc) is 2.77. The van der Waals surface area contributed by atoms with Gasteiger partial charge < -0.3 is 10.2 Å². The molecule has 2 aliphatic heterocycles. The zero-order valence-corrected chi connectivity index (χ0v) is 15.4. The predicted octanol–water partition coefficient (Wildman–Crippen LogP) is 0.564. The first-order valence-corrected chi connectivity index (χ1v) is 10.2. The number of hydrogen-bond acceptors (Lipinski definition) is 4. The Labute approximate surface area is 152 Å². The number of amides is 2. The maximum absolute atomic E-state index is 12.9. The van der Waals surface area contributed by atoms with Gasteiger partial charge in [-0.1, -0.05) is 17.7 Å². The summed E-state index contributed by atoms with van der Waals surface area (Å²) >= 11 is 5.97. The largest absolute Gasteiger partial charge is 0.355 e. The van der Waals surface area contributed by atoms with Gasteiger partial charge in [0.25, 0.3) is 5.91 Å². The van der Waals surface area contributed by atoms with E-state index in [4.69, 9.17) is 11.6 Å². The van der Waals surface area contributed by atoms with Crippen molar-refractivity contribution in [3.05, 3.63) is 34.9 Å². The molecule has 0 aromatic heterocycles. The summed E-state index contributed by atoms with van der Waals surface area (Å²) in [7, 11) is -3.42. The second-order valence-electron chi connectivity index (χ2n) is 6.79. The van der Waals surface area contributed by atoms with Gasteiger partial charge in [0.15, 0.2) is 0 Å². The number of carbonyl (C=O) groups is 2. The number of benzene rings is 1. The predicted molar refractivity (Wildman–Crippen MR) is 93.8 cm³/mol. The standard InChI is InChI=1S/C16H20ClN3O4S/c1-25(23,24)20-6-5-19(10-16(11-20)8-14(21)18-9-16)15(22)12-3-2-4-13(17)7-12/h2-4,7H,5-6,8-11H2,1H3,(H,18,21)/t16-/m0/s1. The van der Waals surface area contributed by atoms with Crippen molar-refractivity contribution < 1.29 is 18.0 Å². The first-order valence-electron chi connectivity index (χ1n) is 7.95. The fraction of sp³-hybridized carbons (Fsp3) is 0.500. The van der Waals surface area contributed by atoms with Crippen molar-refractivity contribution in [3.63, 3.8) is 0 Å². The molecule has 2 fully saturated rings. The van der Waals surface area contributed by atoms with Crippen LogP contribution < -0.4 is 5.32 Å². The van der Waals surface area contributed by atoms with E-state index in [0.717, 1.165) is 6.26 Å². The number of carbonyl (C=O) groups excluding carboxylic acids is 2. The first-order chi connectivity index (χ1) is 11.7. The van der Waals surface area contributed by atoms with E-state index in [1.54, 1.807) is 29.2 Å². The van der Waals surface area contributed by atoms with E-state index < -0.39 is 15.4 Å². The molecule has 2 heterocycles. The molecule has 1 atom stereocenters. The van der Waals surface area contributed by atoms with Crippen LogP contribution >= 0.6 is 11.6 Å². The van der Waals surface area contributed by atoms with Gasteiger partial charge in [-0.05, 0) is 18.2 Å². The molecule has 1 aromatic rings. The molecular weight excluding hydrogens is 366 g/mol. The van der Waals surface area contributed by atoms with E-state index in [-0.39, 0.29) is 37.9 Å². The van der Waals surface area contributed by atoms with Crippen LogP contribution in [0, 0.1) is 5.41 Å². The van der Waals surface area contributed by atoms with Crippen LogP contribution in [0.3, 0.4) is 0 Å². The molecule has 0 radical (unpaired) electrons. The molecule has 2 amide bonds. The molecule has 9 heteroatoms. The monoisotopic (exact) mass is 385 g/mol. The average molecular weight is 386 g/mol. The van der Waals surface area contributed by atoms with Crippen molar-refractivity contribution in [2.75, 3.05) is 39.0 Å². The van der Waals surface area contributed by atoms with Crippen molar-refractivity contribution in [2.24, 2.45) is 5.41 Å². The van der Waals surface area contributed by atoms with E-state index in [9.17, 15) is 18.0 Å². The quantitative estimate of drug-likeness (QED) is 0.806. The highest BCUT2D eigenvalue weighted by atomic mass is 35.5. The van der Waals surface area contributed by atoms with Crippen LogP contribution in [0.4, 0.5) is 0 Å². The Morgan fingerprint density at radius 3 is 2.64 bits per heavy atom. The SMILES string of the molecule is CS(=O)(=O)N1CCN(C(=O)c2cccc(Cl)c2)C[C@]2(CNC(=O)C2)C1. The van der Waals surface area contributed by atoms with E-state index in [2.05, 4.69) is 5.32 Å². The summed E-state index contributed by atoms with van der Waals surface area (Å²) in [5.41, 5.74) is -0.155. The van der Waals surface area contributed by atoms with E-state index in [0.29, 0.717) is 23.7 Å². The molecule has 25 heavy (non-hydrogen) atoms. The van der Waals surface area contributed by atoms with Gasteiger partial charge in [-0.15, -0.1) is 0 Å². The number of rotatable bonds is 2. The van der Waals surface area contributed by atoms with Gasteiger partial charge in [-0.3, -0.25) is 9.59 Å². The Kier molecular flexibility index (Phi) is 4.78. The summed E-state index contributed by atoms with van der Waals surface area (Å²) in [6, 6.07) is 6.66. The molecule has 0 bridgehead atoms. The van der Waals surface area contributed by atoms with Crippen LogP contribution in [-0.4, -0.2) is 68.4 Å². The molecule has 1 aromatic carbocycles. The third-order valence-corrected chi connectivity index (χ3v) is 6.17. The molecule has 2 saturated heterocycles. The van der Waals surface area contributed by atoms with Crippen molar-refractivity contribution in [1.29, 1.82) is 0 Å². The lowest BCUT2D eigenvalue weighted by Gasteiger charge is -2.32. The van der Waals surface area contributed by atoms with Gasteiger partial charge in [-0.25, -0.2) is 8.42 Å². The Morgan fingerprint density at radius 2 is 2.04 bits per heavy atom. The molecule has 0 saturated carbocycles. The zero-order valence-electron chi connectivity index (χ0n) is 13.9. The number of sulfonamides is 1. The highest BCUT2D eigenvalue weighted by Gasteiger charge is 2.45. The minimum Gasteiger partial charge on any atom is -0.355 e. The molecule has 2 aliphatic rings. The lowest BCUT2D eigenvalue weighted by atomic mass is 9.86. The highest BCUT2D eigenvalue weighted by molar-refractivity contribution is 7.88. The van der Waals surface area contributed by atoms with Gasteiger partial charge in [0.1, 0.15) is 0 Å². The van der Waals surface area contributed by atoms with Crippen molar-refractivity contribution in [3.8, 4) is 0 Å². The van der Waals surface area contributed by atoms with Gasteiger partial charge in [0.2, 0.25) is 15.9 Å². The lowest BCUT2D eigenvalue weighted by molar-refractivity contribution is -0.119. The Balaban J connectivity index is 1.90. The van der Waals surface area contributed by atoms with Gasteiger partial charge in [-0.2, -0.15) is 4.31 Å². The third kappa shape index (κ3) is 3.96. The Morgan fingerprint density at radius 1 is 1.28 bits per heavy atom. The normalized spacial score (nSPS) is 25.0. The summed E-state index contributed by atoms with van der Waals surface area (Å²) in [6.07, 6.45) is 1.36. The molecule has 7 nitrogen and oxygen atoms in total. The van der Waals surface area contributed by atoms with Crippen LogP contribution in [0.25, 0.3) is 0 Å². The fourth-order valence-electron chi connectivity index (χ4n) is 3.46. The van der Waals surface area contributed by atoms with Crippen LogP contribution in [0.15, 0.2) is 24.3 Å². The van der Waals surface area contributed by atoms with Crippen LogP contribution in [-0.2, 0) is 14.8 Å². The minimum atomic E-state index is -3.42. The molecule has 0 aliphatic carbocycles. The minimum absolute atomic E-state index is 0.120. The second kappa shape index (κ2) is 6.59. The second-order valence-corrected chi connectivity index (χ2v) is 9.21. The molecule has 3 rings (SSSR count). The topological polar surface area (TPSA) is 86.8 Å². The maximum atomic E-state index is 12.9. The van der Waals surface area contributed by atoms with Gasteiger partial charge >= 0.3 is 0 Å². The Hall–Kier alpha value is -1.64. The molecule has 1 N–H and O–H groups in total. The van der Waals surface area contributed by atoms with Crippen LogP contribution in [0.5, 0.6) is 0 Å². The first kappa shape index (κ1) is 18.2. The highest BCUT2D eigenvalue weighted by Crippen LogP contribution is 2.32. The summed E-state index contributed by atoms with van der Waals surface area (Å²) in [6.45, 7) is 1.39. The zero-order chi connectivity index (χ0) is 18.2.